The normalized spacial score (nSPS) is 28.2. The van der Waals surface area contributed by atoms with Crippen LogP contribution in [0.3, 0.4) is 0 Å². The largest absolute Gasteiger partial charge is 0.468 e. The molecule has 180 valence electrons. The van der Waals surface area contributed by atoms with Crippen molar-refractivity contribution in [3.05, 3.63) is 12.2 Å². The number of aliphatic hydroxyl groups is 3. The second kappa shape index (κ2) is 13.9. The van der Waals surface area contributed by atoms with Crippen LogP contribution in [0, 0.1) is 17.8 Å². The zero-order valence-corrected chi connectivity index (χ0v) is 20.3. The molecule has 0 bridgehead atoms. The minimum Gasteiger partial charge on any atom is -0.468 e. The molecule has 2 fully saturated rings. The van der Waals surface area contributed by atoms with E-state index < -0.39 is 17.8 Å². The van der Waals surface area contributed by atoms with E-state index in [-0.39, 0.29) is 17.8 Å². The zero-order valence-electron chi connectivity index (χ0n) is 19.5. The predicted octanol–water partition coefficient (Wildman–Crippen LogP) is 4.48. The molecule has 5 nitrogen and oxygen atoms in total. The van der Waals surface area contributed by atoms with Crippen LogP contribution in [0.25, 0.3) is 0 Å². The number of unbranched alkanes of at least 4 members (excludes halogenated alkanes) is 4. The van der Waals surface area contributed by atoms with Gasteiger partial charge in [0.2, 0.25) is 0 Å². The number of carbonyl (C=O) groups excluding carboxylic acids is 1. The Kier molecular flexibility index (Phi) is 11.9. The number of ether oxygens (including phenoxy) is 1. The topological polar surface area (TPSA) is 87.0 Å². The highest BCUT2D eigenvalue weighted by Gasteiger charge is 2.43. The van der Waals surface area contributed by atoms with E-state index in [1.807, 2.05) is 0 Å². The Bertz CT molecular complexity index is 550. The van der Waals surface area contributed by atoms with Crippen LogP contribution >= 0.6 is 11.8 Å². The second-order valence-corrected chi connectivity index (χ2v) is 10.7. The lowest BCUT2D eigenvalue weighted by molar-refractivity contribution is -0.137. The first kappa shape index (κ1) is 26.7. The first-order valence-electron chi connectivity index (χ1n) is 12.3. The molecule has 31 heavy (non-hydrogen) atoms. The maximum absolute atomic E-state index is 11.2. The molecule has 3 N–H and O–H groups in total. The molecule has 0 radical (unpaired) electrons. The Hall–Kier alpha value is -0.560. The second-order valence-electron chi connectivity index (χ2n) is 9.56. The van der Waals surface area contributed by atoms with Crippen LogP contribution in [0.4, 0.5) is 0 Å². The van der Waals surface area contributed by atoms with Crippen LogP contribution in [-0.4, -0.2) is 57.7 Å². The lowest BCUT2D eigenvalue weighted by Gasteiger charge is -2.28. The number of aliphatic hydroxyl groups excluding tert-OH is 2. The zero-order chi connectivity index (χ0) is 22.7. The van der Waals surface area contributed by atoms with E-state index in [0.29, 0.717) is 24.5 Å². The van der Waals surface area contributed by atoms with Gasteiger partial charge in [0.05, 0.1) is 30.7 Å². The van der Waals surface area contributed by atoms with E-state index in [4.69, 9.17) is 0 Å². The molecule has 0 aliphatic heterocycles. The van der Waals surface area contributed by atoms with E-state index in [9.17, 15) is 20.1 Å². The van der Waals surface area contributed by atoms with Gasteiger partial charge in [0, 0.05) is 12.3 Å². The molecule has 2 aliphatic carbocycles. The quantitative estimate of drug-likeness (QED) is 0.180. The molecule has 0 saturated heterocycles. The summed E-state index contributed by atoms with van der Waals surface area (Å²) in [5.74, 6) is 1.54. The van der Waals surface area contributed by atoms with Gasteiger partial charge in [0.25, 0.3) is 0 Å². The van der Waals surface area contributed by atoms with Gasteiger partial charge < -0.3 is 20.1 Å². The highest BCUT2D eigenvalue weighted by Crippen LogP contribution is 2.45. The average molecular weight is 457 g/mol. The van der Waals surface area contributed by atoms with Crippen molar-refractivity contribution < 1.29 is 24.9 Å². The van der Waals surface area contributed by atoms with Crippen LogP contribution < -0.4 is 0 Å². The van der Waals surface area contributed by atoms with Crippen molar-refractivity contribution in [1.82, 2.24) is 0 Å². The molecule has 0 aromatic heterocycles. The van der Waals surface area contributed by atoms with E-state index in [2.05, 4.69) is 23.8 Å². The van der Waals surface area contributed by atoms with Gasteiger partial charge in [0.1, 0.15) is 0 Å². The van der Waals surface area contributed by atoms with Gasteiger partial charge in [-0.25, -0.2) is 0 Å². The number of thioether (sulfide) groups is 1. The van der Waals surface area contributed by atoms with Crippen LogP contribution in [-0.2, 0) is 9.53 Å². The third kappa shape index (κ3) is 9.07. The molecule has 5 atom stereocenters. The number of rotatable bonds is 16. The molecule has 6 heteroatoms. The van der Waals surface area contributed by atoms with Gasteiger partial charge in [-0.3, -0.25) is 4.79 Å². The van der Waals surface area contributed by atoms with Crippen molar-refractivity contribution in [3.8, 4) is 0 Å². The van der Waals surface area contributed by atoms with Crippen LogP contribution in [0.1, 0.15) is 84.0 Å². The lowest BCUT2D eigenvalue weighted by atomic mass is 9.85. The first-order valence-corrected chi connectivity index (χ1v) is 13.5. The molecule has 0 aromatic rings. The Morgan fingerprint density at radius 3 is 2.58 bits per heavy atom. The minimum absolute atomic E-state index is 0.0405. The number of esters is 1. The monoisotopic (exact) mass is 456 g/mol. The molecule has 0 aromatic carbocycles. The van der Waals surface area contributed by atoms with Crippen LogP contribution in [0.15, 0.2) is 12.2 Å². The van der Waals surface area contributed by atoms with Crippen LogP contribution in [0.2, 0.25) is 0 Å². The summed E-state index contributed by atoms with van der Waals surface area (Å²) in [4.78, 5) is 11.2. The molecule has 0 heterocycles. The van der Waals surface area contributed by atoms with Gasteiger partial charge in [-0.05, 0) is 56.1 Å². The highest BCUT2D eigenvalue weighted by molar-refractivity contribution is 7.99. The molecular weight excluding hydrogens is 412 g/mol. The van der Waals surface area contributed by atoms with E-state index in [1.54, 1.807) is 11.8 Å². The Morgan fingerprint density at radius 1 is 1.13 bits per heavy atom. The number of hydrogen-bond donors (Lipinski definition) is 3. The molecule has 2 aliphatic rings. The van der Waals surface area contributed by atoms with Gasteiger partial charge in [-0.15, -0.1) is 0 Å². The molecule has 0 spiro atoms. The van der Waals surface area contributed by atoms with Gasteiger partial charge >= 0.3 is 5.97 Å². The van der Waals surface area contributed by atoms with Gasteiger partial charge in [0.15, 0.2) is 0 Å². The first-order chi connectivity index (χ1) is 14.9. The predicted molar refractivity (Wildman–Crippen MR) is 127 cm³/mol. The van der Waals surface area contributed by atoms with Crippen molar-refractivity contribution in [2.75, 3.05) is 18.6 Å². The summed E-state index contributed by atoms with van der Waals surface area (Å²) >= 11 is 1.58. The summed E-state index contributed by atoms with van der Waals surface area (Å²) in [6, 6.07) is 0. The SMILES string of the molecule is CCCCCCC(O)(CC=C[C@@H]1[C@@H](CCCCSCC(=O)OC)[C@@H](O)C[C@H]1O)C1CC1. The summed E-state index contributed by atoms with van der Waals surface area (Å²) in [5.41, 5.74) is -0.598. The number of hydrogen-bond acceptors (Lipinski definition) is 6. The molecular formula is C25H44O5S. The van der Waals surface area contributed by atoms with Crippen LogP contribution in [0.5, 0.6) is 0 Å². The molecule has 2 rings (SSSR count). The highest BCUT2D eigenvalue weighted by atomic mass is 32.2. The minimum atomic E-state index is -0.598. The number of methoxy groups -OCH3 is 1. The smallest absolute Gasteiger partial charge is 0.315 e. The standard InChI is InChI=1S/C25H44O5S/c1-3-4-5-7-14-25(29,19-12-13-19)15-9-11-21-20(22(26)17-23(21)27)10-6-8-16-31-18-24(28)30-2/h9,11,19-23,26-27,29H,3-8,10,12-18H2,1-2H3/t20-,21-,22+,23-,25?/m1/s1. The summed E-state index contributed by atoms with van der Waals surface area (Å²) in [6.07, 6.45) is 14.9. The fraction of sp³-hybridized carbons (Fsp3) is 0.880. The van der Waals surface area contributed by atoms with Crippen molar-refractivity contribution >= 4 is 17.7 Å². The van der Waals surface area contributed by atoms with Gasteiger partial charge in [-0.2, -0.15) is 11.8 Å². The van der Waals surface area contributed by atoms with E-state index in [0.717, 1.165) is 50.7 Å². The third-order valence-corrected chi connectivity index (χ3v) is 8.09. The fourth-order valence-corrected chi connectivity index (χ4v) is 5.79. The molecule has 2 saturated carbocycles. The summed E-state index contributed by atoms with van der Waals surface area (Å²) in [7, 11) is 1.40. The van der Waals surface area contributed by atoms with Crippen molar-refractivity contribution in [3.63, 3.8) is 0 Å². The average Bonchev–Trinajstić information content (AvgIpc) is 3.56. The van der Waals surface area contributed by atoms with Crippen molar-refractivity contribution in [1.29, 1.82) is 0 Å². The third-order valence-electron chi connectivity index (χ3n) is 7.07. The summed E-state index contributed by atoms with van der Waals surface area (Å²) < 4.78 is 4.64. The molecule has 0 amide bonds. The summed E-state index contributed by atoms with van der Waals surface area (Å²) in [6.45, 7) is 2.20. The van der Waals surface area contributed by atoms with Crippen molar-refractivity contribution in [2.24, 2.45) is 17.8 Å². The van der Waals surface area contributed by atoms with E-state index >= 15 is 0 Å². The maximum Gasteiger partial charge on any atom is 0.315 e. The Morgan fingerprint density at radius 2 is 1.90 bits per heavy atom. The Balaban J connectivity index is 1.78. The fourth-order valence-electron chi connectivity index (χ4n) is 4.96. The van der Waals surface area contributed by atoms with E-state index in [1.165, 1.54) is 26.4 Å². The number of carbonyl (C=O) groups is 1. The van der Waals surface area contributed by atoms with Gasteiger partial charge in [-0.1, -0.05) is 51.2 Å². The Labute approximate surface area is 193 Å². The molecule has 1 unspecified atom stereocenters. The maximum atomic E-state index is 11.2. The van der Waals surface area contributed by atoms with Crippen molar-refractivity contribution in [2.45, 2.75) is 102 Å². The lowest BCUT2D eigenvalue weighted by Crippen LogP contribution is -2.30. The summed E-state index contributed by atoms with van der Waals surface area (Å²) in [5, 5.41) is 32.1.